The van der Waals surface area contributed by atoms with Gasteiger partial charge in [0.1, 0.15) is 5.82 Å². The smallest absolute Gasteiger partial charge is 0.254 e. The van der Waals surface area contributed by atoms with Crippen molar-refractivity contribution >= 4 is 22.4 Å². The molecule has 0 saturated carbocycles. The molecule has 2 aromatic heterocycles. The van der Waals surface area contributed by atoms with Crippen LogP contribution in [0.5, 0.6) is 0 Å². The normalized spacial score (nSPS) is 10.5. The number of nitrogens with zero attached hydrogens (tertiary/aromatic N) is 2. The van der Waals surface area contributed by atoms with Crippen molar-refractivity contribution in [3.63, 3.8) is 0 Å². The highest BCUT2D eigenvalue weighted by Gasteiger charge is 2.12. The summed E-state index contributed by atoms with van der Waals surface area (Å²) >= 11 is 1.35. The molecule has 0 saturated heterocycles. The van der Waals surface area contributed by atoms with Crippen LogP contribution in [-0.4, -0.2) is 20.9 Å². The van der Waals surface area contributed by atoms with E-state index in [1.165, 1.54) is 11.3 Å². The zero-order valence-electron chi connectivity index (χ0n) is 10.9. The molecule has 0 aliphatic rings. The molecule has 2 rings (SSSR count). The Balaban J connectivity index is 2.13. The van der Waals surface area contributed by atoms with E-state index in [4.69, 9.17) is 0 Å². The van der Waals surface area contributed by atoms with Crippen LogP contribution in [0.15, 0.2) is 10.2 Å². The van der Waals surface area contributed by atoms with E-state index in [9.17, 15) is 9.59 Å². The summed E-state index contributed by atoms with van der Waals surface area (Å²) < 4.78 is 0. The van der Waals surface area contributed by atoms with E-state index < -0.39 is 0 Å². The van der Waals surface area contributed by atoms with E-state index in [0.717, 1.165) is 5.69 Å². The summed E-state index contributed by atoms with van der Waals surface area (Å²) in [7, 11) is 0. The Morgan fingerprint density at radius 1 is 1.37 bits per heavy atom. The lowest BCUT2D eigenvalue weighted by molar-refractivity contribution is -0.115. The van der Waals surface area contributed by atoms with Crippen LogP contribution in [0.2, 0.25) is 0 Å². The molecule has 0 fully saturated rings. The first-order valence-corrected chi connectivity index (χ1v) is 6.62. The van der Waals surface area contributed by atoms with E-state index in [1.54, 1.807) is 13.8 Å². The molecule has 100 valence electrons. The molecule has 1 amide bonds. The second kappa shape index (κ2) is 5.31. The monoisotopic (exact) mass is 278 g/mol. The topological polar surface area (TPSA) is 87.7 Å². The van der Waals surface area contributed by atoms with Crippen molar-refractivity contribution in [1.29, 1.82) is 0 Å². The summed E-state index contributed by atoms with van der Waals surface area (Å²) in [4.78, 5) is 34.5. The van der Waals surface area contributed by atoms with E-state index in [-0.39, 0.29) is 17.9 Å². The Kier molecular flexibility index (Phi) is 3.75. The fourth-order valence-electron chi connectivity index (χ4n) is 1.69. The molecule has 2 N–H and O–H groups in total. The number of thiazole rings is 1. The molecule has 0 aliphatic heterocycles. The van der Waals surface area contributed by atoms with Gasteiger partial charge >= 0.3 is 0 Å². The number of anilines is 1. The van der Waals surface area contributed by atoms with Crippen molar-refractivity contribution < 1.29 is 4.79 Å². The van der Waals surface area contributed by atoms with Gasteiger partial charge in [-0.2, -0.15) is 0 Å². The van der Waals surface area contributed by atoms with Crippen LogP contribution < -0.4 is 10.9 Å². The Morgan fingerprint density at radius 3 is 2.68 bits per heavy atom. The third kappa shape index (κ3) is 3.25. The standard InChI is InChI=1S/C12H14N4O2S/c1-6-5-19-12(13-6)16-10(17)4-9-7(2)14-8(3)15-11(9)18/h5H,4H2,1-3H3,(H,13,16,17)(H,14,15,18). The average molecular weight is 278 g/mol. The van der Waals surface area contributed by atoms with Crippen molar-refractivity contribution in [1.82, 2.24) is 15.0 Å². The van der Waals surface area contributed by atoms with Gasteiger partial charge in [-0.25, -0.2) is 9.97 Å². The van der Waals surface area contributed by atoms with Gasteiger partial charge in [-0.3, -0.25) is 9.59 Å². The van der Waals surface area contributed by atoms with Gasteiger partial charge in [0.05, 0.1) is 12.1 Å². The molecular formula is C12H14N4O2S. The van der Waals surface area contributed by atoms with E-state index in [2.05, 4.69) is 20.3 Å². The van der Waals surface area contributed by atoms with Gasteiger partial charge < -0.3 is 10.3 Å². The lowest BCUT2D eigenvalue weighted by Gasteiger charge is -2.05. The molecule has 0 radical (unpaired) electrons. The SMILES string of the molecule is Cc1csc(NC(=O)Cc2c(C)nc(C)[nH]c2=O)n1. The maximum atomic E-state index is 11.9. The second-order valence-electron chi connectivity index (χ2n) is 4.23. The number of aromatic nitrogens is 3. The number of H-pyrrole nitrogens is 1. The van der Waals surface area contributed by atoms with Crippen LogP contribution >= 0.6 is 11.3 Å². The molecule has 0 atom stereocenters. The maximum Gasteiger partial charge on any atom is 0.254 e. The van der Waals surface area contributed by atoms with Gasteiger partial charge in [0, 0.05) is 16.6 Å². The van der Waals surface area contributed by atoms with Gasteiger partial charge in [0.15, 0.2) is 5.13 Å². The van der Waals surface area contributed by atoms with Gasteiger partial charge in [0.2, 0.25) is 5.91 Å². The number of hydrogen-bond acceptors (Lipinski definition) is 5. The zero-order valence-corrected chi connectivity index (χ0v) is 11.7. The van der Waals surface area contributed by atoms with Crippen LogP contribution in [-0.2, 0) is 11.2 Å². The Labute approximate surface area is 113 Å². The minimum absolute atomic E-state index is 0.00687. The predicted molar refractivity (Wildman–Crippen MR) is 73.5 cm³/mol. The highest BCUT2D eigenvalue weighted by atomic mass is 32.1. The fourth-order valence-corrected chi connectivity index (χ4v) is 2.40. The molecule has 0 bridgehead atoms. The average Bonchev–Trinajstić information content (AvgIpc) is 2.69. The van der Waals surface area contributed by atoms with Gasteiger partial charge in [-0.05, 0) is 20.8 Å². The molecule has 0 aliphatic carbocycles. The molecule has 0 aromatic carbocycles. The van der Waals surface area contributed by atoms with Crippen molar-refractivity contribution in [3.05, 3.63) is 38.5 Å². The lowest BCUT2D eigenvalue weighted by atomic mass is 10.1. The van der Waals surface area contributed by atoms with Crippen molar-refractivity contribution in [3.8, 4) is 0 Å². The number of hydrogen-bond donors (Lipinski definition) is 2. The number of nitrogens with one attached hydrogen (secondary N) is 2. The Bertz CT molecular complexity index is 675. The fraction of sp³-hybridized carbons (Fsp3) is 0.333. The molecule has 0 unspecified atom stereocenters. The number of amides is 1. The molecular weight excluding hydrogens is 264 g/mol. The van der Waals surface area contributed by atoms with E-state index >= 15 is 0 Å². The van der Waals surface area contributed by atoms with Crippen LogP contribution in [0.25, 0.3) is 0 Å². The summed E-state index contributed by atoms with van der Waals surface area (Å²) in [6.45, 7) is 5.28. The zero-order chi connectivity index (χ0) is 14.0. The molecule has 2 aromatic rings. The van der Waals surface area contributed by atoms with Gasteiger partial charge in [-0.1, -0.05) is 0 Å². The highest BCUT2D eigenvalue weighted by molar-refractivity contribution is 7.13. The Hall–Kier alpha value is -2.02. The number of aromatic amines is 1. The molecule has 0 spiro atoms. The minimum atomic E-state index is -0.270. The number of carbonyl (C=O) groups excluding carboxylic acids is 1. The quantitative estimate of drug-likeness (QED) is 0.886. The van der Waals surface area contributed by atoms with Crippen LogP contribution in [0.3, 0.4) is 0 Å². The molecule has 2 heterocycles. The third-order valence-corrected chi connectivity index (χ3v) is 3.42. The summed E-state index contributed by atoms with van der Waals surface area (Å²) in [5.74, 6) is 0.274. The highest BCUT2D eigenvalue weighted by Crippen LogP contribution is 2.14. The summed E-state index contributed by atoms with van der Waals surface area (Å²) in [5, 5.41) is 5.06. The maximum absolute atomic E-state index is 11.9. The molecule has 19 heavy (non-hydrogen) atoms. The molecule has 6 nitrogen and oxygen atoms in total. The van der Waals surface area contributed by atoms with Crippen LogP contribution in [0.1, 0.15) is 22.8 Å². The Morgan fingerprint density at radius 2 is 2.11 bits per heavy atom. The lowest BCUT2D eigenvalue weighted by Crippen LogP contribution is -2.24. The first kappa shape index (κ1) is 13.4. The summed E-state index contributed by atoms with van der Waals surface area (Å²) in [5.41, 5.74) is 1.55. The predicted octanol–water partition coefficient (Wildman–Crippen LogP) is 1.33. The molecule has 7 heteroatoms. The van der Waals surface area contributed by atoms with Gasteiger partial charge in [0.25, 0.3) is 5.56 Å². The first-order chi connectivity index (χ1) is 8.95. The summed E-state index contributed by atoms with van der Waals surface area (Å²) in [6, 6.07) is 0. The third-order valence-electron chi connectivity index (χ3n) is 2.54. The summed E-state index contributed by atoms with van der Waals surface area (Å²) in [6.07, 6.45) is -0.00687. The number of aryl methyl sites for hydroxylation is 3. The van der Waals surface area contributed by atoms with Crippen molar-refractivity contribution in [2.45, 2.75) is 27.2 Å². The van der Waals surface area contributed by atoms with Gasteiger partial charge in [-0.15, -0.1) is 11.3 Å². The van der Waals surface area contributed by atoms with Crippen LogP contribution in [0.4, 0.5) is 5.13 Å². The largest absolute Gasteiger partial charge is 0.311 e. The minimum Gasteiger partial charge on any atom is -0.311 e. The van der Waals surface area contributed by atoms with Crippen molar-refractivity contribution in [2.24, 2.45) is 0 Å². The number of rotatable bonds is 3. The second-order valence-corrected chi connectivity index (χ2v) is 5.09. The van der Waals surface area contributed by atoms with Crippen LogP contribution in [0, 0.1) is 20.8 Å². The van der Waals surface area contributed by atoms with E-state index in [0.29, 0.717) is 22.2 Å². The van der Waals surface area contributed by atoms with Crippen molar-refractivity contribution in [2.75, 3.05) is 5.32 Å². The first-order valence-electron chi connectivity index (χ1n) is 5.74. The number of carbonyl (C=O) groups is 1. The van der Waals surface area contributed by atoms with E-state index in [1.807, 2.05) is 12.3 Å².